The van der Waals surface area contributed by atoms with Gasteiger partial charge in [-0.05, 0) is 36.4 Å². The molecule has 0 saturated carbocycles. The van der Waals surface area contributed by atoms with E-state index in [1.807, 2.05) is 0 Å². The maximum atomic E-state index is 12.9. The first-order valence-electron chi connectivity index (χ1n) is 8.56. The van der Waals surface area contributed by atoms with Crippen molar-refractivity contribution in [3.8, 4) is 11.5 Å². The van der Waals surface area contributed by atoms with Crippen LogP contribution in [0.25, 0.3) is 0 Å². The van der Waals surface area contributed by atoms with Crippen molar-refractivity contribution in [2.24, 2.45) is 0 Å². The third kappa shape index (κ3) is 5.42. The number of hydrogen-bond acceptors (Lipinski definition) is 4. The lowest BCUT2D eigenvalue weighted by Gasteiger charge is -2.19. The number of benzene rings is 2. The van der Waals surface area contributed by atoms with Crippen LogP contribution in [-0.4, -0.2) is 45.2 Å². The van der Waals surface area contributed by atoms with Gasteiger partial charge in [0.25, 0.3) is 11.8 Å². The lowest BCUT2D eigenvalue weighted by atomic mass is 10.2. The third-order valence-corrected chi connectivity index (χ3v) is 3.88. The van der Waals surface area contributed by atoms with Gasteiger partial charge < -0.3 is 25.0 Å². The van der Waals surface area contributed by atoms with Gasteiger partial charge >= 0.3 is 0 Å². The monoisotopic (exact) mass is 374 g/mol. The molecule has 1 heterocycles. The molecule has 0 aromatic heterocycles. The van der Waals surface area contributed by atoms with Crippen molar-refractivity contribution >= 4 is 23.2 Å². The van der Waals surface area contributed by atoms with Crippen molar-refractivity contribution in [2.75, 3.05) is 44.0 Å². The van der Waals surface area contributed by atoms with Gasteiger partial charge in [-0.2, -0.15) is 0 Å². The highest BCUT2D eigenvalue weighted by Crippen LogP contribution is 2.32. The average molecular weight is 374 g/mol. The Balaban J connectivity index is 1.47. The lowest BCUT2D eigenvalue weighted by Crippen LogP contribution is -3.11. The Kier molecular flexibility index (Phi) is 5.87. The van der Waals surface area contributed by atoms with E-state index in [2.05, 4.69) is 10.6 Å². The molecule has 142 valence electrons. The molecule has 1 unspecified atom stereocenters. The van der Waals surface area contributed by atoms with Crippen molar-refractivity contribution in [2.45, 2.75) is 0 Å². The molecule has 3 N–H and O–H groups in total. The zero-order chi connectivity index (χ0) is 19.2. The van der Waals surface area contributed by atoms with Crippen molar-refractivity contribution < 1.29 is 28.4 Å². The summed E-state index contributed by atoms with van der Waals surface area (Å²) < 4.78 is 23.8. The molecule has 8 heteroatoms. The van der Waals surface area contributed by atoms with Gasteiger partial charge in [-0.1, -0.05) is 0 Å². The minimum absolute atomic E-state index is 0.103. The number of likely N-dealkylation sites (N-methyl/N-ethyl adjacent to an activating group) is 1. The number of fused-ring (bicyclic) bond motifs is 1. The largest absolute Gasteiger partial charge is 0.486 e. The number of quaternary nitrogens is 1. The molecular formula is C19H21FN3O4+. The molecule has 1 aliphatic rings. The van der Waals surface area contributed by atoms with Gasteiger partial charge in [-0.15, -0.1) is 0 Å². The van der Waals surface area contributed by atoms with Crippen LogP contribution in [-0.2, 0) is 9.59 Å². The van der Waals surface area contributed by atoms with E-state index in [1.165, 1.54) is 24.3 Å². The molecule has 27 heavy (non-hydrogen) atoms. The zero-order valence-electron chi connectivity index (χ0n) is 14.9. The summed E-state index contributed by atoms with van der Waals surface area (Å²) in [6.07, 6.45) is 0. The number of anilines is 2. The summed E-state index contributed by atoms with van der Waals surface area (Å²) in [5.74, 6) is 0.398. The number of hydrogen-bond donors (Lipinski definition) is 3. The summed E-state index contributed by atoms with van der Waals surface area (Å²) >= 11 is 0. The van der Waals surface area contributed by atoms with E-state index in [0.29, 0.717) is 41.0 Å². The predicted molar refractivity (Wildman–Crippen MR) is 97.7 cm³/mol. The summed E-state index contributed by atoms with van der Waals surface area (Å²) in [6.45, 7) is 1.20. The minimum atomic E-state index is -0.369. The van der Waals surface area contributed by atoms with E-state index in [0.717, 1.165) is 0 Å². The summed E-state index contributed by atoms with van der Waals surface area (Å²) in [4.78, 5) is 24.9. The highest BCUT2D eigenvalue weighted by Gasteiger charge is 2.16. The molecule has 0 spiro atoms. The van der Waals surface area contributed by atoms with Gasteiger partial charge in [0.2, 0.25) is 0 Å². The fourth-order valence-electron chi connectivity index (χ4n) is 2.68. The number of rotatable bonds is 6. The molecule has 0 fully saturated rings. The van der Waals surface area contributed by atoms with Crippen LogP contribution < -0.4 is 25.0 Å². The molecule has 1 atom stereocenters. The third-order valence-electron chi connectivity index (χ3n) is 3.88. The van der Waals surface area contributed by atoms with E-state index >= 15 is 0 Å². The quantitative estimate of drug-likeness (QED) is 0.695. The summed E-state index contributed by atoms with van der Waals surface area (Å²) in [5.41, 5.74) is 1.11. The number of nitrogens with one attached hydrogen (secondary N) is 3. The molecule has 2 amide bonds. The molecule has 7 nitrogen and oxygen atoms in total. The maximum absolute atomic E-state index is 12.9. The van der Waals surface area contributed by atoms with E-state index < -0.39 is 0 Å². The van der Waals surface area contributed by atoms with E-state index in [-0.39, 0.29) is 30.7 Å². The van der Waals surface area contributed by atoms with E-state index in [4.69, 9.17) is 9.47 Å². The van der Waals surface area contributed by atoms with Crippen LogP contribution >= 0.6 is 0 Å². The fraction of sp³-hybridized carbons (Fsp3) is 0.263. The van der Waals surface area contributed by atoms with Gasteiger partial charge in [0.1, 0.15) is 19.0 Å². The van der Waals surface area contributed by atoms with E-state index in [9.17, 15) is 14.0 Å². The second-order valence-corrected chi connectivity index (χ2v) is 6.27. The van der Waals surface area contributed by atoms with Gasteiger partial charge in [0.05, 0.1) is 7.05 Å². The summed E-state index contributed by atoms with van der Waals surface area (Å²) in [6, 6.07) is 10.7. The molecule has 0 aliphatic carbocycles. The van der Waals surface area contributed by atoms with Crippen molar-refractivity contribution in [3.63, 3.8) is 0 Å². The second kappa shape index (κ2) is 8.50. The molecule has 1 aliphatic heterocycles. The first kappa shape index (κ1) is 18.7. The number of amides is 2. The van der Waals surface area contributed by atoms with Gasteiger partial charge in [-0.25, -0.2) is 4.39 Å². The van der Waals surface area contributed by atoms with Crippen LogP contribution in [0.3, 0.4) is 0 Å². The molecule has 0 saturated heterocycles. The molecule has 2 aromatic carbocycles. The van der Waals surface area contributed by atoms with E-state index in [1.54, 1.807) is 25.2 Å². The predicted octanol–water partition coefficient (Wildman–Crippen LogP) is 0.689. The Labute approximate surface area is 156 Å². The molecular weight excluding hydrogens is 353 g/mol. The Bertz CT molecular complexity index is 826. The van der Waals surface area contributed by atoms with Crippen LogP contribution in [0.2, 0.25) is 0 Å². The number of halogens is 1. The van der Waals surface area contributed by atoms with Gasteiger partial charge in [-0.3, -0.25) is 9.59 Å². The topological polar surface area (TPSA) is 81.1 Å². The van der Waals surface area contributed by atoms with Crippen LogP contribution in [0, 0.1) is 5.82 Å². The number of carbonyl (C=O) groups excluding carboxylic acids is 2. The van der Waals surface area contributed by atoms with Gasteiger partial charge in [0.15, 0.2) is 24.6 Å². The highest BCUT2D eigenvalue weighted by atomic mass is 19.1. The van der Waals surface area contributed by atoms with Crippen LogP contribution in [0.5, 0.6) is 11.5 Å². The summed E-state index contributed by atoms with van der Waals surface area (Å²) in [7, 11) is 1.74. The first-order chi connectivity index (χ1) is 13.0. The Morgan fingerprint density at radius 3 is 2.15 bits per heavy atom. The number of ether oxygens (including phenoxy) is 2. The Hall–Kier alpha value is -3.13. The molecule has 0 radical (unpaired) electrons. The average Bonchev–Trinajstić information content (AvgIpc) is 2.63. The minimum Gasteiger partial charge on any atom is -0.486 e. The SMILES string of the molecule is C[NH+](CC(=O)Nc1ccc(F)cc1)CC(=O)Nc1ccc2c(c1)OCCO2. The fourth-order valence-corrected chi connectivity index (χ4v) is 2.68. The van der Waals surface area contributed by atoms with Crippen LogP contribution in [0.15, 0.2) is 42.5 Å². The summed E-state index contributed by atoms with van der Waals surface area (Å²) in [5, 5.41) is 5.45. The standard InChI is InChI=1S/C19H20FN3O4/c1-23(11-18(24)21-14-4-2-13(20)3-5-14)12-19(25)22-15-6-7-16-17(10-15)27-9-8-26-16/h2-7,10H,8-9,11-12H2,1H3,(H,21,24)(H,22,25)/p+1. The molecule has 0 bridgehead atoms. The maximum Gasteiger partial charge on any atom is 0.279 e. The Morgan fingerprint density at radius 2 is 1.48 bits per heavy atom. The second-order valence-electron chi connectivity index (χ2n) is 6.27. The lowest BCUT2D eigenvalue weighted by molar-refractivity contribution is -0.862. The first-order valence-corrected chi connectivity index (χ1v) is 8.56. The van der Waals surface area contributed by atoms with Gasteiger partial charge in [0, 0.05) is 17.4 Å². The van der Waals surface area contributed by atoms with Crippen molar-refractivity contribution in [1.29, 1.82) is 0 Å². The van der Waals surface area contributed by atoms with Crippen molar-refractivity contribution in [1.82, 2.24) is 0 Å². The highest BCUT2D eigenvalue weighted by molar-refractivity contribution is 5.93. The smallest absolute Gasteiger partial charge is 0.279 e. The zero-order valence-corrected chi connectivity index (χ0v) is 14.9. The van der Waals surface area contributed by atoms with Crippen LogP contribution in [0.1, 0.15) is 0 Å². The van der Waals surface area contributed by atoms with Crippen molar-refractivity contribution in [3.05, 3.63) is 48.3 Å². The Morgan fingerprint density at radius 1 is 0.926 bits per heavy atom. The molecule has 3 rings (SSSR count). The van der Waals surface area contributed by atoms with Crippen LogP contribution in [0.4, 0.5) is 15.8 Å². The molecule has 2 aromatic rings. The normalized spacial score (nSPS) is 13.6. The number of carbonyl (C=O) groups is 2.